The van der Waals surface area contributed by atoms with Crippen molar-refractivity contribution >= 4 is 17.7 Å². The van der Waals surface area contributed by atoms with Crippen LogP contribution in [0.2, 0.25) is 0 Å². The molecule has 0 aromatic rings. The summed E-state index contributed by atoms with van der Waals surface area (Å²) in [6, 6.07) is 0. The highest BCUT2D eigenvalue weighted by Crippen LogP contribution is 2.39. The molecule has 2 aliphatic heterocycles. The predicted octanol–water partition coefficient (Wildman–Crippen LogP) is 2.00. The number of hydrogen-bond donors (Lipinski definition) is 0. The van der Waals surface area contributed by atoms with Crippen molar-refractivity contribution in [1.29, 1.82) is 0 Å². The minimum Gasteiger partial charge on any atom is -0.343 e. The van der Waals surface area contributed by atoms with Crippen molar-refractivity contribution in [2.75, 3.05) is 18.8 Å². The summed E-state index contributed by atoms with van der Waals surface area (Å²) in [6.45, 7) is 6.28. The molecule has 0 aliphatic carbocycles. The molecule has 3 atom stereocenters. The molecule has 3 heteroatoms. The van der Waals surface area contributed by atoms with E-state index in [1.165, 1.54) is 12.2 Å². The third-order valence-electron chi connectivity index (χ3n) is 3.47. The fraction of sp³-hybridized carbons (Fsp3) is 0.909. The molecule has 0 bridgehead atoms. The van der Waals surface area contributed by atoms with Crippen molar-refractivity contribution in [1.82, 2.24) is 4.90 Å². The standard InChI is InChI=1S/C11H19NOS/c1-3-12-6-9(5-11(12)13)8(2)4-10-7-14-10/h8-10H,3-7H2,1-2H3. The highest BCUT2D eigenvalue weighted by molar-refractivity contribution is 8.06. The smallest absolute Gasteiger partial charge is 0.222 e. The van der Waals surface area contributed by atoms with Crippen molar-refractivity contribution in [3.8, 4) is 0 Å². The van der Waals surface area contributed by atoms with Crippen LogP contribution in [-0.4, -0.2) is 34.9 Å². The average molecular weight is 213 g/mol. The second kappa shape index (κ2) is 4.13. The molecule has 2 heterocycles. The molecule has 0 aromatic heterocycles. The molecular formula is C11H19NOS. The number of likely N-dealkylation sites (tertiary alicyclic amines) is 1. The Morgan fingerprint density at radius 2 is 2.36 bits per heavy atom. The molecule has 3 unspecified atom stereocenters. The molecule has 80 valence electrons. The topological polar surface area (TPSA) is 20.3 Å². The lowest BCUT2D eigenvalue weighted by Gasteiger charge is -2.18. The maximum absolute atomic E-state index is 11.5. The van der Waals surface area contributed by atoms with Crippen LogP contribution >= 0.6 is 11.8 Å². The Kier molecular flexibility index (Phi) is 3.05. The van der Waals surface area contributed by atoms with Crippen LogP contribution in [-0.2, 0) is 4.79 Å². The lowest BCUT2D eigenvalue weighted by molar-refractivity contribution is -0.127. The number of amides is 1. The molecule has 2 rings (SSSR count). The van der Waals surface area contributed by atoms with E-state index in [1.807, 2.05) is 4.90 Å². The fourth-order valence-corrected chi connectivity index (χ4v) is 3.01. The van der Waals surface area contributed by atoms with Gasteiger partial charge in [0.05, 0.1) is 0 Å². The Bertz CT molecular complexity index is 227. The molecule has 14 heavy (non-hydrogen) atoms. The number of hydrogen-bond acceptors (Lipinski definition) is 2. The normalized spacial score (nSPS) is 33.6. The van der Waals surface area contributed by atoms with Gasteiger partial charge < -0.3 is 4.90 Å². The van der Waals surface area contributed by atoms with Crippen LogP contribution in [0.5, 0.6) is 0 Å². The van der Waals surface area contributed by atoms with Crippen molar-refractivity contribution in [2.45, 2.75) is 31.9 Å². The summed E-state index contributed by atoms with van der Waals surface area (Å²) in [6.07, 6.45) is 2.12. The second-order valence-electron chi connectivity index (χ2n) is 4.56. The summed E-state index contributed by atoms with van der Waals surface area (Å²) in [5.74, 6) is 3.08. The first-order chi connectivity index (χ1) is 6.70. The maximum atomic E-state index is 11.5. The van der Waals surface area contributed by atoms with Gasteiger partial charge in [-0.1, -0.05) is 6.92 Å². The summed E-state index contributed by atoms with van der Waals surface area (Å²) in [4.78, 5) is 13.5. The van der Waals surface area contributed by atoms with Crippen molar-refractivity contribution in [3.63, 3.8) is 0 Å². The number of rotatable bonds is 4. The fourth-order valence-electron chi connectivity index (χ4n) is 2.30. The molecule has 2 aliphatic rings. The molecule has 2 saturated heterocycles. The van der Waals surface area contributed by atoms with E-state index in [4.69, 9.17) is 0 Å². The van der Waals surface area contributed by atoms with Crippen LogP contribution < -0.4 is 0 Å². The highest BCUT2D eigenvalue weighted by Gasteiger charge is 2.35. The predicted molar refractivity (Wildman–Crippen MR) is 60.4 cm³/mol. The van der Waals surface area contributed by atoms with E-state index < -0.39 is 0 Å². The van der Waals surface area contributed by atoms with Crippen LogP contribution in [0.1, 0.15) is 26.7 Å². The zero-order chi connectivity index (χ0) is 10.1. The second-order valence-corrected chi connectivity index (χ2v) is 5.90. The lowest BCUT2D eigenvalue weighted by Crippen LogP contribution is -2.25. The Morgan fingerprint density at radius 1 is 1.64 bits per heavy atom. The minimum absolute atomic E-state index is 0.368. The van der Waals surface area contributed by atoms with E-state index in [9.17, 15) is 4.79 Å². The third kappa shape index (κ3) is 2.25. The number of carbonyl (C=O) groups is 1. The van der Waals surface area contributed by atoms with E-state index in [0.717, 1.165) is 30.7 Å². The first-order valence-corrected chi connectivity index (χ1v) is 6.65. The third-order valence-corrected chi connectivity index (χ3v) is 4.47. The van der Waals surface area contributed by atoms with Gasteiger partial charge in [0.1, 0.15) is 0 Å². The van der Waals surface area contributed by atoms with E-state index in [1.54, 1.807) is 0 Å². The van der Waals surface area contributed by atoms with Crippen molar-refractivity contribution in [3.05, 3.63) is 0 Å². The molecule has 2 fully saturated rings. The first kappa shape index (κ1) is 10.3. The quantitative estimate of drug-likeness (QED) is 0.666. The lowest BCUT2D eigenvalue weighted by atomic mass is 9.89. The zero-order valence-corrected chi connectivity index (χ0v) is 9.85. The maximum Gasteiger partial charge on any atom is 0.222 e. The molecule has 0 N–H and O–H groups in total. The monoisotopic (exact) mass is 213 g/mol. The van der Waals surface area contributed by atoms with E-state index in [0.29, 0.717) is 11.8 Å². The van der Waals surface area contributed by atoms with Gasteiger partial charge in [0, 0.05) is 30.5 Å². The molecule has 2 nitrogen and oxygen atoms in total. The Balaban J connectivity index is 1.83. The highest BCUT2D eigenvalue weighted by atomic mass is 32.2. The van der Waals surface area contributed by atoms with Crippen LogP contribution in [0, 0.1) is 11.8 Å². The molecule has 0 spiro atoms. The van der Waals surface area contributed by atoms with Crippen molar-refractivity contribution in [2.24, 2.45) is 11.8 Å². The summed E-state index contributed by atoms with van der Waals surface area (Å²) >= 11 is 2.06. The van der Waals surface area contributed by atoms with E-state index >= 15 is 0 Å². The molecule has 1 amide bonds. The van der Waals surface area contributed by atoms with Gasteiger partial charge in [0.2, 0.25) is 5.91 Å². The Morgan fingerprint density at radius 3 is 2.86 bits per heavy atom. The first-order valence-electron chi connectivity index (χ1n) is 5.60. The van der Waals surface area contributed by atoms with Gasteiger partial charge in [-0.2, -0.15) is 11.8 Å². The van der Waals surface area contributed by atoms with Gasteiger partial charge in [0.15, 0.2) is 0 Å². The van der Waals surface area contributed by atoms with Crippen LogP contribution in [0.4, 0.5) is 0 Å². The molecule has 0 saturated carbocycles. The summed E-state index contributed by atoms with van der Waals surface area (Å²) in [5, 5.41) is 0.913. The largest absolute Gasteiger partial charge is 0.343 e. The van der Waals surface area contributed by atoms with Gasteiger partial charge in [-0.05, 0) is 25.2 Å². The minimum atomic E-state index is 0.368. The number of nitrogens with zero attached hydrogens (tertiary/aromatic N) is 1. The van der Waals surface area contributed by atoms with Crippen LogP contribution in [0.3, 0.4) is 0 Å². The van der Waals surface area contributed by atoms with Gasteiger partial charge in [-0.3, -0.25) is 4.79 Å². The molecular weight excluding hydrogens is 194 g/mol. The molecule has 0 radical (unpaired) electrons. The zero-order valence-electron chi connectivity index (χ0n) is 9.03. The van der Waals surface area contributed by atoms with Crippen LogP contribution in [0.15, 0.2) is 0 Å². The molecule has 0 aromatic carbocycles. The number of thioether (sulfide) groups is 1. The summed E-state index contributed by atoms with van der Waals surface area (Å²) < 4.78 is 0. The van der Waals surface area contributed by atoms with E-state index in [2.05, 4.69) is 25.6 Å². The Labute approximate surface area is 90.4 Å². The number of carbonyl (C=O) groups excluding carboxylic acids is 1. The van der Waals surface area contributed by atoms with Crippen molar-refractivity contribution < 1.29 is 4.79 Å². The van der Waals surface area contributed by atoms with Gasteiger partial charge in [-0.15, -0.1) is 0 Å². The summed E-state index contributed by atoms with van der Waals surface area (Å²) in [5.41, 5.74) is 0. The average Bonchev–Trinajstić information content (AvgIpc) is 2.87. The van der Waals surface area contributed by atoms with Gasteiger partial charge >= 0.3 is 0 Å². The van der Waals surface area contributed by atoms with E-state index in [-0.39, 0.29) is 0 Å². The van der Waals surface area contributed by atoms with Gasteiger partial charge in [-0.25, -0.2) is 0 Å². The summed E-state index contributed by atoms with van der Waals surface area (Å²) in [7, 11) is 0. The Hall–Kier alpha value is -0.180. The SMILES string of the molecule is CCN1CC(C(C)CC2CS2)CC1=O. The van der Waals surface area contributed by atoms with Crippen LogP contribution in [0.25, 0.3) is 0 Å². The van der Waals surface area contributed by atoms with Gasteiger partial charge in [0.25, 0.3) is 0 Å².